The lowest BCUT2D eigenvalue weighted by Gasteiger charge is -2.19. The first-order valence-corrected chi connectivity index (χ1v) is 7.89. The Labute approximate surface area is 134 Å². The van der Waals surface area contributed by atoms with Gasteiger partial charge in [0, 0.05) is 23.2 Å². The first-order chi connectivity index (χ1) is 10.9. The van der Waals surface area contributed by atoms with Crippen molar-refractivity contribution in [1.82, 2.24) is 9.38 Å². The minimum Gasteiger partial charge on any atom is -0.299 e. The molecule has 0 N–H and O–H groups in total. The molecule has 23 heavy (non-hydrogen) atoms. The van der Waals surface area contributed by atoms with Crippen LogP contribution >= 0.6 is 0 Å². The molecule has 0 amide bonds. The maximum Gasteiger partial charge on any atom is 0.145 e. The van der Waals surface area contributed by atoms with E-state index in [1.165, 1.54) is 11.6 Å². The van der Waals surface area contributed by atoms with Crippen LogP contribution < -0.4 is 0 Å². The Bertz CT molecular complexity index is 1040. The molecule has 0 atom stereocenters. The Kier molecular flexibility index (Phi) is 2.95. The largest absolute Gasteiger partial charge is 0.299 e. The number of aromatic nitrogens is 2. The van der Waals surface area contributed by atoms with Gasteiger partial charge < -0.3 is 0 Å². The number of halogens is 1. The fraction of sp³-hybridized carbons (Fsp3) is 0.250. The van der Waals surface area contributed by atoms with Crippen molar-refractivity contribution in [2.75, 3.05) is 0 Å². The van der Waals surface area contributed by atoms with E-state index in [0.29, 0.717) is 0 Å². The van der Waals surface area contributed by atoms with E-state index in [9.17, 15) is 4.39 Å². The van der Waals surface area contributed by atoms with Gasteiger partial charge in [-0.3, -0.25) is 4.40 Å². The summed E-state index contributed by atoms with van der Waals surface area (Å²) in [6.07, 6.45) is 4.74. The molecule has 2 aromatic heterocycles. The van der Waals surface area contributed by atoms with E-state index in [1.807, 2.05) is 12.3 Å². The summed E-state index contributed by atoms with van der Waals surface area (Å²) in [6, 6.07) is 11.4. The van der Waals surface area contributed by atoms with Crippen LogP contribution in [0.5, 0.6) is 0 Å². The van der Waals surface area contributed by atoms with Crippen LogP contribution in [0.1, 0.15) is 26.3 Å². The zero-order chi connectivity index (χ0) is 16.2. The summed E-state index contributed by atoms with van der Waals surface area (Å²) in [5, 5.41) is 2.98. The Morgan fingerprint density at radius 3 is 2.61 bits per heavy atom. The third-order valence-electron chi connectivity index (χ3n) is 4.21. The highest BCUT2D eigenvalue weighted by Crippen LogP contribution is 2.31. The molecule has 0 spiro atoms. The van der Waals surface area contributed by atoms with Crippen LogP contribution in [0.4, 0.5) is 4.39 Å². The van der Waals surface area contributed by atoms with Gasteiger partial charge >= 0.3 is 0 Å². The van der Waals surface area contributed by atoms with Gasteiger partial charge in [-0.1, -0.05) is 26.8 Å². The lowest BCUT2D eigenvalue weighted by atomic mass is 9.87. The van der Waals surface area contributed by atoms with Gasteiger partial charge in [0.25, 0.3) is 0 Å². The number of fused-ring (bicyclic) bond motifs is 6. The topological polar surface area (TPSA) is 17.3 Å². The number of hydrogen-bond donors (Lipinski definition) is 0. The third kappa shape index (κ3) is 2.37. The van der Waals surface area contributed by atoms with Crippen molar-refractivity contribution in [1.29, 1.82) is 0 Å². The molecule has 0 unspecified atom stereocenters. The second-order valence-corrected chi connectivity index (χ2v) is 7.40. The van der Waals surface area contributed by atoms with E-state index in [0.717, 1.165) is 33.7 Å². The average Bonchev–Trinajstić information content (AvgIpc) is 2.95. The van der Waals surface area contributed by atoms with Crippen molar-refractivity contribution in [2.24, 2.45) is 5.41 Å². The Morgan fingerprint density at radius 1 is 1.00 bits per heavy atom. The van der Waals surface area contributed by atoms with Crippen LogP contribution in [-0.4, -0.2) is 9.38 Å². The second kappa shape index (κ2) is 4.79. The standard InChI is InChI=1S/C20H19FN2/c1-20(2,3)12-13-4-7-18-17(10-13)16-11-14(21)5-6-15(16)19-22-8-9-23(18)19/h4-11H,12H2,1-3H3. The number of benzene rings is 2. The number of imidazole rings is 1. The maximum absolute atomic E-state index is 13.8. The molecule has 2 heterocycles. The van der Waals surface area contributed by atoms with E-state index in [1.54, 1.807) is 12.3 Å². The van der Waals surface area contributed by atoms with Crippen molar-refractivity contribution in [2.45, 2.75) is 27.2 Å². The minimum atomic E-state index is -0.212. The zero-order valence-electron chi connectivity index (χ0n) is 13.6. The van der Waals surface area contributed by atoms with Gasteiger partial charge in [-0.25, -0.2) is 9.37 Å². The predicted molar refractivity (Wildman–Crippen MR) is 93.3 cm³/mol. The number of hydrogen-bond acceptors (Lipinski definition) is 1. The van der Waals surface area contributed by atoms with E-state index in [4.69, 9.17) is 0 Å². The Morgan fingerprint density at radius 2 is 1.83 bits per heavy atom. The van der Waals surface area contributed by atoms with Gasteiger partial charge in [0.05, 0.1) is 5.52 Å². The molecule has 0 aliphatic rings. The molecule has 0 radical (unpaired) electrons. The molecule has 0 aliphatic heterocycles. The highest BCUT2D eigenvalue weighted by molar-refractivity contribution is 6.11. The van der Waals surface area contributed by atoms with Gasteiger partial charge in [-0.2, -0.15) is 0 Å². The SMILES string of the molecule is CC(C)(C)Cc1ccc2c(c1)c1cc(F)ccc1c1nccn21. The lowest BCUT2D eigenvalue weighted by molar-refractivity contribution is 0.411. The van der Waals surface area contributed by atoms with Crippen molar-refractivity contribution >= 4 is 27.3 Å². The van der Waals surface area contributed by atoms with E-state index >= 15 is 0 Å². The summed E-state index contributed by atoms with van der Waals surface area (Å²) < 4.78 is 15.9. The summed E-state index contributed by atoms with van der Waals surface area (Å²) in [5.41, 5.74) is 3.42. The highest BCUT2D eigenvalue weighted by atomic mass is 19.1. The molecule has 4 aromatic rings. The fourth-order valence-electron chi connectivity index (χ4n) is 3.36. The van der Waals surface area contributed by atoms with Crippen molar-refractivity contribution < 1.29 is 4.39 Å². The van der Waals surface area contributed by atoms with Crippen LogP contribution in [0.3, 0.4) is 0 Å². The van der Waals surface area contributed by atoms with E-state index in [2.05, 4.69) is 48.4 Å². The van der Waals surface area contributed by atoms with Crippen LogP contribution in [0, 0.1) is 11.2 Å². The average molecular weight is 306 g/mol. The molecule has 0 fully saturated rings. The predicted octanol–water partition coefficient (Wildman–Crippen LogP) is 5.37. The molecule has 116 valence electrons. The Balaban J connectivity index is 2.12. The summed E-state index contributed by atoms with van der Waals surface area (Å²) in [6.45, 7) is 6.69. The summed E-state index contributed by atoms with van der Waals surface area (Å²) in [7, 11) is 0. The van der Waals surface area contributed by atoms with Crippen molar-refractivity contribution in [3.05, 3.63) is 60.2 Å². The van der Waals surface area contributed by atoms with E-state index < -0.39 is 0 Å². The molecule has 2 aromatic carbocycles. The van der Waals surface area contributed by atoms with Crippen LogP contribution in [0.25, 0.3) is 27.3 Å². The third-order valence-corrected chi connectivity index (χ3v) is 4.21. The quantitative estimate of drug-likeness (QED) is 0.432. The first-order valence-electron chi connectivity index (χ1n) is 7.89. The Hall–Kier alpha value is -2.42. The van der Waals surface area contributed by atoms with Crippen LogP contribution in [0.2, 0.25) is 0 Å². The molecule has 2 nitrogen and oxygen atoms in total. The zero-order valence-corrected chi connectivity index (χ0v) is 13.6. The van der Waals surface area contributed by atoms with Gasteiger partial charge in [-0.15, -0.1) is 0 Å². The summed E-state index contributed by atoms with van der Waals surface area (Å²) in [5.74, 6) is -0.212. The lowest BCUT2D eigenvalue weighted by Crippen LogP contribution is -2.09. The number of rotatable bonds is 1. The normalized spacial score (nSPS) is 12.5. The molecule has 0 saturated carbocycles. The second-order valence-electron chi connectivity index (χ2n) is 7.40. The van der Waals surface area contributed by atoms with Crippen molar-refractivity contribution in [3.8, 4) is 0 Å². The molecular weight excluding hydrogens is 287 g/mol. The fourth-order valence-corrected chi connectivity index (χ4v) is 3.36. The monoisotopic (exact) mass is 306 g/mol. The molecule has 3 heteroatoms. The van der Waals surface area contributed by atoms with Gasteiger partial charge in [-0.05, 0) is 53.1 Å². The number of pyridine rings is 1. The molecular formula is C20H19FN2. The number of nitrogens with zero attached hydrogens (tertiary/aromatic N) is 2. The highest BCUT2D eigenvalue weighted by Gasteiger charge is 2.14. The van der Waals surface area contributed by atoms with Crippen LogP contribution in [-0.2, 0) is 6.42 Å². The van der Waals surface area contributed by atoms with E-state index in [-0.39, 0.29) is 11.2 Å². The summed E-state index contributed by atoms with van der Waals surface area (Å²) >= 11 is 0. The van der Waals surface area contributed by atoms with Gasteiger partial charge in [0.2, 0.25) is 0 Å². The molecule has 0 saturated heterocycles. The molecule has 4 rings (SSSR count). The smallest absolute Gasteiger partial charge is 0.145 e. The molecule has 0 aliphatic carbocycles. The minimum absolute atomic E-state index is 0.212. The maximum atomic E-state index is 13.8. The van der Waals surface area contributed by atoms with Crippen LogP contribution in [0.15, 0.2) is 48.8 Å². The van der Waals surface area contributed by atoms with Gasteiger partial charge in [0.1, 0.15) is 11.5 Å². The first kappa shape index (κ1) is 14.2. The summed E-state index contributed by atoms with van der Waals surface area (Å²) in [4.78, 5) is 4.45. The van der Waals surface area contributed by atoms with Crippen molar-refractivity contribution in [3.63, 3.8) is 0 Å². The molecule has 0 bridgehead atoms. The van der Waals surface area contributed by atoms with Gasteiger partial charge in [0.15, 0.2) is 0 Å².